The third kappa shape index (κ3) is 3.66. The summed E-state index contributed by atoms with van der Waals surface area (Å²) in [6.45, 7) is 4.73. The Morgan fingerprint density at radius 2 is 2.00 bits per heavy atom. The highest BCUT2D eigenvalue weighted by atomic mass is 16.4. The second-order valence-electron chi connectivity index (χ2n) is 5.34. The van der Waals surface area contributed by atoms with E-state index >= 15 is 0 Å². The van der Waals surface area contributed by atoms with E-state index in [0.717, 1.165) is 23.8 Å². The molecule has 0 aliphatic rings. The van der Waals surface area contributed by atoms with E-state index in [1.54, 1.807) is 28.9 Å². The molecule has 0 spiro atoms. The van der Waals surface area contributed by atoms with E-state index in [1.807, 2.05) is 0 Å². The Balaban J connectivity index is 2.36. The Hall–Kier alpha value is -2.21. The minimum absolute atomic E-state index is 0.252. The van der Waals surface area contributed by atoms with E-state index in [-0.39, 0.29) is 5.56 Å². The number of nitrogens with zero attached hydrogens (tertiary/aromatic N) is 3. The van der Waals surface area contributed by atoms with Gasteiger partial charge in [0.1, 0.15) is 5.82 Å². The molecular weight excluding hydrogens is 268 g/mol. The summed E-state index contributed by atoms with van der Waals surface area (Å²) < 4.78 is 1.75. The van der Waals surface area contributed by atoms with Gasteiger partial charge in [0.25, 0.3) is 0 Å². The van der Waals surface area contributed by atoms with Gasteiger partial charge in [0.15, 0.2) is 5.82 Å². The van der Waals surface area contributed by atoms with Crippen LogP contribution in [0, 0.1) is 5.92 Å². The molecule has 1 aromatic heterocycles. The third-order valence-corrected chi connectivity index (χ3v) is 3.04. The minimum Gasteiger partial charge on any atom is -0.478 e. The molecule has 0 saturated carbocycles. The maximum absolute atomic E-state index is 10.9. The van der Waals surface area contributed by atoms with Gasteiger partial charge >= 0.3 is 5.97 Å². The first kappa shape index (κ1) is 15.2. The average molecular weight is 288 g/mol. The normalized spacial score (nSPS) is 11.0. The van der Waals surface area contributed by atoms with Gasteiger partial charge in [0, 0.05) is 12.8 Å². The number of hydrogen-bond donors (Lipinski definition) is 2. The Morgan fingerprint density at radius 3 is 2.52 bits per heavy atom. The molecular formula is C15H20N4O2. The fourth-order valence-corrected chi connectivity index (χ4v) is 2.09. The lowest BCUT2D eigenvalue weighted by molar-refractivity contribution is 0.0697. The Labute approximate surface area is 123 Å². The van der Waals surface area contributed by atoms with Crippen LogP contribution in [0.5, 0.6) is 0 Å². The van der Waals surface area contributed by atoms with E-state index in [2.05, 4.69) is 23.9 Å². The zero-order valence-electron chi connectivity index (χ0n) is 12.3. The zero-order valence-corrected chi connectivity index (χ0v) is 12.3. The maximum Gasteiger partial charge on any atom is 0.335 e. The summed E-state index contributed by atoms with van der Waals surface area (Å²) in [7, 11) is 0. The van der Waals surface area contributed by atoms with Gasteiger partial charge in [-0.25, -0.2) is 14.5 Å². The van der Waals surface area contributed by atoms with Gasteiger partial charge in [-0.2, -0.15) is 5.10 Å². The summed E-state index contributed by atoms with van der Waals surface area (Å²) in [6, 6.07) is 6.59. The molecule has 0 bridgehead atoms. The molecule has 21 heavy (non-hydrogen) atoms. The minimum atomic E-state index is -0.942. The van der Waals surface area contributed by atoms with E-state index in [9.17, 15) is 4.79 Å². The van der Waals surface area contributed by atoms with Crippen molar-refractivity contribution in [3.05, 3.63) is 41.5 Å². The first-order valence-corrected chi connectivity index (χ1v) is 7.00. The first-order valence-electron chi connectivity index (χ1n) is 7.00. The molecule has 2 aromatic rings. The summed E-state index contributed by atoms with van der Waals surface area (Å²) in [5, 5.41) is 13.5. The van der Waals surface area contributed by atoms with Gasteiger partial charge in [-0.05, 0) is 36.7 Å². The van der Waals surface area contributed by atoms with Crippen molar-refractivity contribution < 1.29 is 9.90 Å². The van der Waals surface area contributed by atoms with E-state index in [1.165, 1.54) is 0 Å². The van der Waals surface area contributed by atoms with E-state index in [0.29, 0.717) is 18.9 Å². The predicted molar refractivity (Wildman–Crippen MR) is 79.6 cm³/mol. The summed E-state index contributed by atoms with van der Waals surface area (Å²) in [5.74, 6) is 1.12. The molecule has 3 N–H and O–H groups in total. The van der Waals surface area contributed by atoms with Crippen LogP contribution in [-0.2, 0) is 12.8 Å². The number of benzene rings is 1. The SMILES string of the molecule is CC(C)Cc1nc(CCN)n(-c2ccc(C(=O)O)cc2)n1. The molecule has 0 fully saturated rings. The number of aromatic nitrogens is 3. The lowest BCUT2D eigenvalue weighted by atomic mass is 10.1. The van der Waals surface area contributed by atoms with Gasteiger partial charge in [-0.1, -0.05) is 13.8 Å². The molecule has 0 aliphatic heterocycles. The Kier molecular flexibility index (Phi) is 4.70. The lowest BCUT2D eigenvalue weighted by Crippen LogP contribution is -2.10. The van der Waals surface area contributed by atoms with Crippen LogP contribution in [0.25, 0.3) is 5.69 Å². The molecule has 0 unspecified atom stereocenters. The monoisotopic (exact) mass is 288 g/mol. The fourth-order valence-electron chi connectivity index (χ4n) is 2.09. The number of aromatic carboxylic acids is 1. The number of carbonyl (C=O) groups is 1. The average Bonchev–Trinajstić information content (AvgIpc) is 2.81. The second kappa shape index (κ2) is 6.49. The van der Waals surface area contributed by atoms with Crippen LogP contribution in [0.15, 0.2) is 24.3 Å². The summed E-state index contributed by atoms with van der Waals surface area (Å²) in [6.07, 6.45) is 1.43. The Bertz CT molecular complexity index is 617. The zero-order chi connectivity index (χ0) is 15.4. The van der Waals surface area contributed by atoms with Crippen molar-refractivity contribution in [1.29, 1.82) is 0 Å². The summed E-state index contributed by atoms with van der Waals surface area (Å²) in [4.78, 5) is 15.4. The molecule has 2 rings (SSSR count). The Morgan fingerprint density at radius 1 is 1.33 bits per heavy atom. The molecule has 6 heteroatoms. The molecule has 0 radical (unpaired) electrons. The van der Waals surface area contributed by atoms with Crippen molar-refractivity contribution in [3.8, 4) is 5.69 Å². The number of carboxylic acid groups (broad SMARTS) is 1. The van der Waals surface area contributed by atoms with Crippen LogP contribution in [0.2, 0.25) is 0 Å². The number of hydrogen-bond acceptors (Lipinski definition) is 4. The van der Waals surface area contributed by atoms with Crippen LogP contribution in [0.4, 0.5) is 0 Å². The topological polar surface area (TPSA) is 94.0 Å². The van der Waals surface area contributed by atoms with E-state index in [4.69, 9.17) is 10.8 Å². The van der Waals surface area contributed by atoms with Crippen LogP contribution in [-0.4, -0.2) is 32.4 Å². The summed E-state index contributed by atoms with van der Waals surface area (Å²) in [5.41, 5.74) is 6.67. The lowest BCUT2D eigenvalue weighted by Gasteiger charge is -2.05. The van der Waals surface area contributed by atoms with Crippen molar-refractivity contribution in [2.45, 2.75) is 26.7 Å². The van der Waals surface area contributed by atoms with Crippen molar-refractivity contribution in [2.75, 3.05) is 6.54 Å². The van der Waals surface area contributed by atoms with Crippen molar-refractivity contribution in [2.24, 2.45) is 11.7 Å². The number of carboxylic acids is 1. The quantitative estimate of drug-likeness (QED) is 0.843. The van der Waals surface area contributed by atoms with Crippen LogP contribution in [0.3, 0.4) is 0 Å². The van der Waals surface area contributed by atoms with Crippen molar-refractivity contribution >= 4 is 5.97 Å². The highest BCUT2D eigenvalue weighted by Gasteiger charge is 2.12. The van der Waals surface area contributed by atoms with Gasteiger partial charge in [-0.3, -0.25) is 0 Å². The molecule has 6 nitrogen and oxygen atoms in total. The smallest absolute Gasteiger partial charge is 0.335 e. The van der Waals surface area contributed by atoms with Crippen LogP contribution >= 0.6 is 0 Å². The third-order valence-electron chi connectivity index (χ3n) is 3.04. The van der Waals surface area contributed by atoms with Gasteiger partial charge in [0.2, 0.25) is 0 Å². The predicted octanol–water partition coefficient (Wildman–Crippen LogP) is 1.67. The van der Waals surface area contributed by atoms with Crippen LogP contribution in [0.1, 0.15) is 35.9 Å². The van der Waals surface area contributed by atoms with Crippen molar-refractivity contribution in [1.82, 2.24) is 14.8 Å². The van der Waals surface area contributed by atoms with Gasteiger partial charge < -0.3 is 10.8 Å². The standard InChI is InChI=1S/C15H20N4O2/c1-10(2)9-13-17-14(7-8-16)19(18-13)12-5-3-11(4-6-12)15(20)21/h3-6,10H,7-9,16H2,1-2H3,(H,20,21). The molecule has 0 saturated heterocycles. The number of nitrogens with two attached hydrogens (primary N) is 1. The molecule has 0 amide bonds. The highest BCUT2D eigenvalue weighted by molar-refractivity contribution is 5.87. The van der Waals surface area contributed by atoms with Gasteiger partial charge in [0.05, 0.1) is 11.3 Å². The number of rotatable bonds is 6. The first-order chi connectivity index (χ1) is 10.0. The molecule has 0 atom stereocenters. The van der Waals surface area contributed by atoms with Crippen LogP contribution < -0.4 is 5.73 Å². The fraction of sp³-hybridized carbons (Fsp3) is 0.400. The van der Waals surface area contributed by atoms with Crippen molar-refractivity contribution in [3.63, 3.8) is 0 Å². The summed E-state index contributed by atoms with van der Waals surface area (Å²) >= 11 is 0. The van der Waals surface area contributed by atoms with E-state index < -0.39 is 5.97 Å². The highest BCUT2D eigenvalue weighted by Crippen LogP contribution is 2.14. The largest absolute Gasteiger partial charge is 0.478 e. The molecule has 0 aliphatic carbocycles. The second-order valence-corrected chi connectivity index (χ2v) is 5.34. The molecule has 1 aromatic carbocycles. The maximum atomic E-state index is 10.9. The molecule has 112 valence electrons. The van der Waals surface area contributed by atoms with Gasteiger partial charge in [-0.15, -0.1) is 0 Å². The molecule has 1 heterocycles.